The molecule has 1 aromatic rings. The van der Waals surface area contributed by atoms with Crippen LogP contribution in [0.3, 0.4) is 0 Å². The van der Waals surface area contributed by atoms with Gasteiger partial charge in [-0.2, -0.15) is 0 Å². The average Bonchev–Trinajstić information content (AvgIpc) is 3.51. The second kappa shape index (κ2) is 14.2. The molecule has 2 fully saturated rings. The molecule has 1 aromatic carbocycles. The average molecular weight is 612 g/mol. The number of rotatable bonds is 6. The first kappa shape index (κ1) is 33.0. The molecule has 0 unspecified atom stereocenters. The summed E-state index contributed by atoms with van der Waals surface area (Å²) in [4.78, 5) is 67.2. The molecule has 1 saturated heterocycles. The summed E-state index contributed by atoms with van der Waals surface area (Å²) in [5, 5.41) is 21.5. The number of fused-ring (bicyclic) bond motifs is 2. The van der Waals surface area contributed by atoms with E-state index in [1.54, 1.807) is 20.8 Å². The van der Waals surface area contributed by atoms with Gasteiger partial charge in [0.1, 0.15) is 23.2 Å². The molecule has 1 aliphatic carbocycles. The number of amides is 5. The first-order chi connectivity index (χ1) is 20.9. The van der Waals surface area contributed by atoms with Gasteiger partial charge in [-0.1, -0.05) is 55.3 Å². The molecule has 2 aliphatic heterocycles. The van der Waals surface area contributed by atoms with Crippen molar-refractivity contribution in [2.45, 2.75) is 102 Å². The van der Waals surface area contributed by atoms with Crippen LogP contribution in [-0.2, 0) is 30.5 Å². The van der Waals surface area contributed by atoms with Crippen molar-refractivity contribution in [3.63, 3.8) is 0 Å². The number of carbonyl (C=O) groups is 5. The Morgan fingerprint density at radius 2 is 1.84 bits per heavy atom. The molecule has 0 bridgehead atoms. The van der Waals surface area contributed by atoms with Crippen molar-refractivity contribution in [3.8, 4) is 0 Å². The molecule has 4 rings (SSSR count). The third kappa shape index (κ3) is 8.81. The van der Waals surface area contributed by atoms with Gasteiger partial charge >= 0.3 is 6.09 Å². The minimum atomic E-state index is -1.27. The maximum absolute atomic E-state index is 13.7. The van der Waals surface area contributed by atoms with Gasteiger partial charge in [-0.15, -0.1) is 0 Å². The number of nitrogens with one attached hydrogen (secondary N) is 4. The monoisotopic (exact) mass is 611 g/mol. The third-order valence-electron chi connectivity index (χ3n) is 8.09. The fourth-order valence-electron chi connectivity index (χ4n) is 5.72. The van der Waals surface area contributed by atoms with Crippen molar-refractivity contribution in [2.75, 3.05) is 13.1 Å². The Hall–Kier alpha value is -3.93. The molecular formula is C32H45N5O7. The normalized spacial score (nSPS) is 28.2. The van der Waals surface area contributed by atoms with Gasteiger partial charge in [-0.05, 0) is 52.0 Å². The number of allylic oxidation sites excluding steroid dienone is 1. The lowest BCUT2D eigenvalue weighted by Gasteiger charge is -2.30. The predicted molar refractivity (Wildman–Crippen MR) is 162 cm³/mol. The van der Waals surface area contributed by atoms with Gasteiger partial charge < -0.3 is 36.0 Å². The largest absolute Gasteiger partial charge is 0.444 e. The predicted octanol–water partition coefficient (Wildman–Crippen LogP) is 1.67. The molecular weight excluding hydrogens is 566 g/mol. The van der Waals surface area contributed by atoms with E-state index >= 15 is 0 Å². The number of hydrogen-bond acceptors (Lipinski definition) is 7. The Morgan fingerprint density at radius 1 is 1.09 bits per heavy atom. The quantitative estimate of drug-likeness (QED) is 0.305. The second-order valence-electron chi connectivity index (χ2n) is 12.9. The van der Waals surface area contributed by atoms with Crippen LogP contribution in [0.15, 0.2) is 42.5 Å². The van der Waals surface area contributed by atoms with Crippen LogP contribution in [0.4, 0.5) is 4.79 Å². The van der Waals surface area contributed by atoms with E-state index in [4.69, 9.17) is 4.74 Å². The van der Waals surface area contributed by atoms with E-state index in [1.807, 2.05) is 42.5 Å². The van der Waals surface area contributed by atoms with Gasteiger partial charge in [0.15, 0.2) is 0 Å². The van der Waals surface area contributed by atoms with Gasteiger partial charge in [-0.25, -0.2) is 4.79 Å². The van der Waals surface area contributed by atoms with Crippen LogP contribution in [0.1, 0.15) is 71.3 Å². The minimum Gasteiger partial charge on any atom is -0.444 e. The zero-order valence-corrected chi connectivity index (χ0v) is 25.8. The van der Waals surface area contributed by atoms with E-state index < -0.39 is 53.1 Å². The van der Waals surface area contributed by atoms with Crippen molar-refractivity contribution in [1.29, 1.82) is 0 Å². The highest BCUT2D eigenvalue weighted by Gasteiger charge is 2.60. The fraction of sp³-hybridized carbons (Fsp3) is 0.594. The van der Waals surface area contributed by atoms with Gasteiger partial charge in [0.05, 0.1) is 12.6 Å². The zero-order chi connectivity index (χ0) is 31.9. The summed E-state index contributed by atoms with van der Waals surface area (Å²) in [5.41, 5.74) is -1.11. The minimum absolute atomic E-state index is 0.00315. The number of aliphatic hydroxyl groups is 1. The van der Waals surface area contributed by atoms with Crippen molar-refractivity contribution < 1.29 is 33.8 Å². The van der Waals surface area contributed by atoms with E-state index in [-0.39, 0.29) is 31.3 Å². The summed E-state index contributed by atoms with van der Waals surface area (Å²) in [7, 11) is 0. The van der Waals surface area contributed by atoms with Gasteiger partial charge in [0.25, 0.3) is 0 Å². The first-order valence-electron chi connectivity index (χ1n) is 15.4. The van der Waals surface area contributed by atoms with E-state index in [0.29, 0.717) is 25.8 Å². The summed E-state index contributed by atoms with van der Waals surface area (Å²) in [6.07, 6.45) is 6.00. The van der Waals surface area contributed by atoms with Crippen LogP contribution in [0.25, 0.3) is 0 Å². The summed E-state index contributed by atoms with van der Waals surface area (Å²) < 4.78 is 5.37. The summed E-state index contributed by atoms with van der Waals surface area (Å²) in [6, 6.07) is 7.42. The molecule has 0 spiro atoms. The Balaban J connectivity index is 1.46. The Kier molecular flexibility index (Phi) is 10.7. The molecule has 5 N–H and O–H groups in total. The Labute approximate surface area is 258 Å². The van der Waals surface area contributed by atoms with Crippen LogP contribution in [0.2, 0.25) is 0 Å². The fourth-order valence-corrected chi connectivity index (χ4v) is 5.72. The lowest BCUT2D eigenvalue weighted by molar-refractivity contribution is -0.141. The van der Waals surface area contributed by atoms with Crippen LogP contribution < -0.4 is 21.3 Å². The lowest BCUT2D eigenvalue weighted by atomic mass is 10.0. The molecule has 2 heterocycles. The molecule has 0 radical (unpaired) electrons. The van der Waals surface area contributed by atoms with Crippen LogP contribution >= 0.6 is 0 Å². The topological polar surface area (TPSA) is 166 Å². The highest BCUT2D eigenvalue weighted by molar-refractivity contribution is 5.99. The van der Waals surface area contributed by atoms with E-state index in [9.17, 15) is 29.1 Å². The molecule has 3 aliphatic rings. The van der Waals surface area contributed by atoms with Crippen molar-refractivity contribution in [3.05, 3.63) is 48.0 Å². The smallest absolute Gasteiger partial charge is 0.408 e. The Morgan fingerprint density at radius 3 is 2.57 bits per heavy atom. The molecule has 240 valence electrons. The first-order valence-corrected chi connectivity index (χ1v) is 15.4. The number of ether oxygens (including phenoxy) is 1. The SMILES string of the molecule is CC(C)(C)OC(=O)N[C@H]1CCCCC/C=C\[C@@H]2C[C@@]2(C(=O)NCC(=O)NCc2ccccc2)NC(=O)[C@@H]2C[C@@H](O)CN2C1=O. The number of aliphatic hydroxyl groups excluding tert-OH is 1. The zero-order valence-electron chi connectivity index (χ0n) is 25.8. The van der Waals surface area contributed by atoms with Crippen molar-refractivity contribution in [2.24, 2.45) is 5.92 Å². The molecule has 12 heteroatoms. The summed E-state index contributed by atoms with van der Waals surface area (Å²) >= 11 is 0. The van der Waals surface area contributed by atoms with E-state index in [0.717, 1.165) is 24.8 Å². The lowest BCUT2D eigenvalue weighted by Crippen LogP contribution is -2.58. The number of carbonyl (C=O) groups excluding carboxylic acids is 5. The molecule has 1 saturated carbocycles. The number of hydrogen-bond donors (Lipinski definition) is 5. The van der Waals surface area contributed by atoms with Crippen LogP contribution in [-0.4, -0.2) is 82.1 Å². The van der Waals surface area contributed by atoms with Gasteiger partial charge in [0.2, 0.25) is 23.6 Å². The maximum Gasteiger partial charge on any atom is 0.408 e. The van der Waals surface area contributed by atoms with E-state index in [2.05, 4.69) is 21.3 Å². The molecule has 0 aromatic heterocycles. The maximum atomic E-state index is 13.7. The van der Waals surface area contributed by atoms with Crippen molar-refractivity contribution >= 4 is 29.7 Å². The summed E-state index contributed by atoms with van der Waals surface area (Å²) in [6.45, 7) is 5.16. The highest BCUT2D eigenvalue weighted by Crippen LogP contribution is 2.45. The third-order valence-corrected chi connectivity index (χ3v) is 8.09. The molecule has 5 atom stereocenters. The van der Waals surface area contributed by atoms with Crippen LogP contribution in [0.5, 0.6) is 0 Å². The number of benzene rings is 1. The Bertz CT molecular complexity index is 1250. The number of alkyl carbamates (subject to hydrolysis) is 1. The van der Waals surface area contributed by atoms with Crippen molar-refractivity contribution in [1.82, 2.24) is 26.2 Å². The number of nitrogens with zero attached hydrogens (tertiary/aromatic N) is 1. The molecule has 12 nitrogen and oxygen atoms in total. The second-order valence-corrected chi connectivity index (χ2v) is 12.9. The molecule has 44 heavy (non-hydrogen) atoms. The standard InChI is InChI=1S/C32H45N5O7/c1-31(2,3)44-30(43)35-24-15-11-6-4-5-10-14-22-17-32(22,36-27(40)25-16-23(38)20-37(25)28(24)41)29(42)34-19-26(39)33-18-21-12-8-7-9-13-21/h7-10,12-14,22-25,38H,4-6,11,15-20H2,1-3H3,(H,33,39)(H,34,42)(H,35,43)(H,36,40)/b14-10-/t22-,23-,24+,25+,32-/m1/s1. The van der Waals surface area contributed by atoms with E-state index in [1.165, 1.54) is 4.90 Å². The van der Waals surface area contributed by atoms with Gasteiger partial charge in [0, 0.05) is 25.4 Å². The molecule has 5 amide bonds. The van der Waals surface area contributed by atoms with Gasteiger partial charge in [-0.3, -0.25) is 19.2 Å². The summed E-state index contributed by atoms with van der Waals surface area (Å²) in [5.74, 6) is -2.18. The van der Waals surface area contributed by atoms with Crippen LogP contribution in [0, 0.1) is 5.92 Å². The highest BCUT2D eigenvalue weighted by atomic mass is 16.6.